The molecule has 0 aliphatic carbocycles. The minimum absolute atomic E-state index is 0.489. The zero-order chi connectivity index (χ0) is 27.1. The highest BCUT2D eigenvalue weighted by Gasteiger charge is 2.12. The fourth-order valence-electron chi connectivity index (χ4n) is 4.85. The maximum atomic E-state index is 5.97. The van der Waals surface area contributed by atoms with Gasteiger partial charge in [0.15, 0.2) is 5.65 Å². The van der Waals surface area contributed by atoms with Crippen LogP contribution in [0.25, 0.3) is 16.9 Å². The van der Waals surface area contributed by atoms with Crippen molar-refractivity contribution in [2.24, 2.45) is 0 Å². The Kier molecular flexibility index (Phi) is 7.77. The fraction of sp³-hybridized carbons (Fsp3) is 0.250. The first kappa shape index (κ1) is 25.7. The molecule has 1 fully saturated rings. The van der Waals surface area contributed by atoms with Gasteiger partial charge in [0.05, 0.1) is 12.8 Å². The first-order valence-corrected chi connectivity index (χ1v) is 13.7. The number of pyridine rings is 1. The molecule has 0 saturated carbocycles. The van der Waals surface area contributed by atoms with Crippen LogP contribution in [0.3, 0.4) is 0 Å². The van der Waals surface area contributed by atoms with Crippen molar-refractivity contribution in [3.63, 3.8) is 0 Å². The van der Waals surface area contributed by atoms with Crippen LogP contribution in [0.1, 0.15) is 18.4 Å². The van der Waals surface area contributed by atoms with E-state index in [1.807, 2.05) is 95.5 Å². The second-order valence-electron chi connectivity index (χ2n) is 9.82. The van der Waals surface area contributed by atoms with Crippen LogP contribution in [0.15, 0.2) is 91.0 Å². The molecule has 1 N–H and O–H groups in total. The number of fused-ring (bicyclic) bond motifs is 1. The van der Waals surface area contributed by atoms with Gasteiger partial charge in [-0.05, 0) is 104 Å². The van der Waals surface area contributed by atoms with E-state index in [1.165, 1.54) is 25.9 Å². The van der Waals surface area contributed by atoms with Crippen molar-refractivity contribution in [1.29, 1.82) is 0 Å². The summed E-state index contributed by atoms with van der Waals surface area (Å²) in [6.45, 7) is 4.55. The van der Waals surface area contributed by atoms with Gasteiger partial charge < -0.3 is 19.5 Å². The third kappa shape index (κ3) is 6.18. The highest BCUT2D eigenvalue weighted by molar-refractivity contribution is 5.65. The molecule has 3 heterocycles. The zero-order valence-corrected chi connectivity index (χ0v) is 22.6. The molecule has 0 atom stereocenters. The molecule has 1 saturated heterocycles. The van der Waals surface area contributed by atoms with Crippen LogP contribution >= 0.6 is 0 Å². The van der Waals surface area contributed by atoms with E-state index in [0.717, 1.165) is 51.9 Å². The number of hydrogen-bond donors (Lipinski definition) is 1. The first-order chi connectivity index (χ1) is 19.7. The summed E-state index contributed by atoms with van der Waals surface area (Å²) in [5.74, 6) is 3.04. The van der Waals surface area contributed by atoms with Crippen molar-refractivity contribution >= 4 is 17.3 Å². The highest BCUT2D eigenvalue weighted by atomic mass is 16.5. The van der Waals surface area contributed by atoms with E-state index in [1.54, 1.807) is 7.11 Å². The van der Waals surface area contributed by atoms with Crippen LogP contribution in [0.4, 0.5) is 11.6 Å². The largest absolute Gasteiger partial charge is 0.497 e. The van der Waals surface area contributed by atoms with Crippen LogP contribution in [-0.4, -0.2) is 52.8 Å². The van der Waals surface area contributed by atoms with Crippen LogP contribution < -0.4 is 19.5 Å². The smallest absolute Gasteiger partial charge is 0.247 e. The molecule has 0 unspecified atom stereocenters. The molecule has 204 valence electrons. The Labute approximate surface area is 234 Å². The van der Waals surface area contributed by atoms with Gasteiger partial charge >= 0.3 is 0 Å². The van der Waals surface area contributed by atoms with Gasteiger partial charge in [0.25, 0.3) is 0 Å². The number of benzene rings is 3. The quantitative estimate of drug-likeness (QED) is 0.216. The summed E-state index contributed by atoms with van der Waals surface area (Å²) in [5.41, 5.74) is 4.72. The Morgan fingerprint density at radius 3 is 2.23 bits per heavy atom. The normalized spacial score (nSPS) is 13.4. The Balaban J connectivity index is 1.08. The number of nitrogens with one attached hydrogen (secondary N) is 1. The molecule has 0 bridgehead atoms. The first-order valence-electron chi connectivity index (χ1n) is 13.7. The monoisotopic (exact) mass is 535 g/mol. The third-order valence-electron chi connectivity index (χ3n) is 7.06. The van der Waals surface area contributed by atoms with Crippen LogP contribution in [0.2, 0.25) is 0 Å². The van der Waals surface area contributed by atoms with E-state index in [-0.39, 0.29) is 0 Å². The number of rotatable bonds is 11. The number of likely N-dealkylation sites (tertiary alicyclic amines) is 1. The molecule has 5 aromatic rings. The number of anilines is 2. The van der Waals surface area contributed by atoms with E-state index in [9.17, 15) is 0 Å². The van der Waals surface area contributed by atoms with Gasteiger partial charge in [0.2, 0.25) is 5.95 Å². The maximum absolute atomic E-state index is 5.97. The molecule has 8 nitrogen and oxygen atoms in total. The second kappa shape index (κ2) is 12.1. The molecule has 6 rings (SSSR count). The van der Waals surface area contributed by atoms with Crippen molar-refractivity contribution < 1.29 is 14.2 Å². The van der Waals surface area contributed by atoms with E-state index in [4.69, 9.17) is 19.3 Å². The SMILES string of the molecule is COc1ccc(COc2ccc(-c3cccc4nc(Nc5ccc(OCCN6CCCC6)cc5)nn34)cc2)cc1. The van der Waals surface area contributed by atoms with Gasteiger partial charge in [-0.1, -0.05) is 18.2 Å². The summed E-state index contributed by atoms with van der Waals surface area (Å²) in [4.78, 5) is 7.12. The Hall–Kier alpha value is -4.56. The van der Waals surface area contributed by atoms with Gasteiger partial charge in [0, 0.05) is 17.8 Å². The number of aromatic nitrogens is 3. The van der Waals surface area contributed by atoms with Gasteiger partial charge in [-0.3, -0.25) is 4.90 Å². The Morgan fingerprint density at radius 2 is 1.48 bits per heavy atom. The lowest BCUT2D eigenvalue weighted by molar-refractivity contribution is 0.238. The number of methoxy groups -OCH3 is 1. The van der Waals surface area contributed by atoms with Gasteiger partial charge in [-0.25, -0.2) is 4.52 Å². The minimum Gasteiger partial charge on any atom is -0.497 e. The molecule has 8 heteroatoms. The molecule has 2 aromatic heterocycles. The van der Waals surface area contributed by atoms with Crippen molar-refractivity contribution in [3.05, 3.63) is 96.6 Å². The van der Waals surface area contributed by atoms with Crippen LogP contribution in [-0.2, 0) is 6.61 Å². The fourth-order valence-corrected chi connectivity index (χ4v) is 4.85. The number of ether oxygens (including phenoxy) is 3. The van der Waals surface area contributed by atoms with Crippen LogP contribution in [0.5, 0.6) is 17.2 Å². The lowest BCUT2D eigenvalue weighted by Gasteiger charge is -2.15. The average Bonchev–Trinajstić information content (AvgIpc) is 3.67. The van der Waals surface area contributed by atoms with Gasteiger partial charge in [-0.15, -0.1) is 5.10 Å². The molecule has 40 heavy (non-hydrogen) atoms. The van der Waals surface area contributed by atoms with Crippen molar-refractivity contribution in [3.8, 4) is 28.5 Å². The summed E-state index contributed by atoms with van der Waals surface area (Å²) in [5, 5.41) is 8.04. The number of nitrogens with zero attached hydrogens (tertiary/aromatic N) is 4. The van der Waals surface area contributed by atoms with E-state index < -0.39 is 0 Å². The summed E-state index contributed by atoms with van der Waals surface area (Å²) < 4.78 is 19.0. The molecule has 0 spiro atoms. The Bertz CT molecular complexity index is 1530. The standard InChI is InChI=1S/C32H33N5O3/c1-38-27-13-7-24(8-14-27)23-40-29-15-9-25(10-16-29)30-5-4-6-31-34-32(35-37(30)31)33-26-11-17-28(18-12-26)39-22-21-36-19-2-3-20-36/h4-18H,2-3,19-23H2,1H3,(H,33,35). The summed E-state index contributed by atoms with van der Waals surface area (Å²) in [6.07, 6.45) is 2.60. The molecular formula is C32H33N5O3. The lowest BCUT2D eigenvalue weighted by atomic mass is 10.1. The molecule has 1 aliphatic heterocycles. The van der Waals surface area contributed by atoms with E-state index in [0.29, 0.717) is 19.2 Å². The number of hydrogen-bond acceptors (Lipinski definition) is 7. The highest BCUT2D eigenvalue weighted by Crippen LogP contribution is 2.25. The zero-order valence-electron chi connectivity index (χ0n) is 22.6. The van der Waals surface area contributed by atoms with Gasteiger partial charge in [0.1, 0.15) is 30.5 Å². The Morgan fingerprint density at radius 1 is 0.775 bits per heavy atom. The molecule has 0 radical (unpaired) electrons. The van der Waals surface area contributed by atoms with Crippen molar-refractivity contribution in [2.45, 2.75) is 19.4 Å². The summed E-state index contributed by atoms with van der Waals surface area (Å²) >= 11 is 0. The summed E-state index contributed by atoms with van der Waals surface area (Å²) in [6, 6.07) is 29.8. The molecular weight excluding hydrogens is 502 g/mol. The van der Waals surface area contributed by atoms with Crippen molar-refractivity contribution in [1.82, 2.24) is 19.5 Å². The predicted molar refractivity (Wildman–Crippen MR) is 157 cm³/mol. The molecule has 0 amide bonds. The lowest BCUT2D eigenvalue weighted by Crippen LogP contribution is -2.25. The molecule has 1 aliphatic rings. The third-order valence-corrected chi connectivity index (χ3v) is 7.06. The average molecular weight is 536 g/mol. The maximum Gasteiger partial charge on any atom is 0.247 e. The molecule has 3 aromatic carbocycles. The van der Waals surface area contributed by atoms with E-state index in [2.05, 4.69) is 15.2 Å². The predicted octanol–water partition coefficient (Wildman–Crippen LogP) is 6.20. The topological polar surface area (TPSA) is 73.2 Å². The van der Waals surface area contributed by atoms with E-state index >= 15 is 0 Å². The van der Waals surface area contributed by atoms with Gasteiger partial charge in [-0.2, -0.15) is 4.98 Å². The minimum atomic E-state index is 0.489. The van der Waals surface area contributed by atoms with Crippen molar-refractivity contribution in [2.75, 3.05) is 38.7 Å². The summed E-state index contributed by atoms with van der Waals surface area (Å²) in [7, 11) is 1.66. The van der Waals surface area contributed by atoms with Crippen LogP contribution in [0, 0.1) is 0 Å². The second-order valence-corrected chi connectivity index (χ2v) is 9.82.